The summed E-state index contributed by atoms with van der Waals surface area (Å²) in [4.78, 5) is 12.7. The molecule has 30 heavy (non-hydrogen) atoms. The number of nitrogens with zero attached hydrogens (tertiary/aromatic N) is 2. The van der Waals surface area contributed by atoms with Crippen LogP contribution < -0.4 is 14.8 Å². The third kappa shape index (κ3) is 7.27. The molecular formula is C22H30BrN3O4. The Morgan fingerprint density at radius 1 is 1.07 bits per heavy atom. The lowest BCUT2D eigenvalue weighted by Gasteiger charge is -2.19. The van der Waals surface area contributed by atoms with Crippen molar-refractivity contribution in [2.24, 2.45) is 0 Å². The highest BCUT2D eigenvalue weighted by atomic mass is 79.9. The summed E-state index contributed by atoms with van der Waals surface area (Å²) in [5.41, 5.74) is 2.01. The highest BCUT2D eigenvalue weighted by Gasteiger charge is 2.12. The topological polar surface area (TPSA) is 76.9 Å². The zero-order valence-corrected chi connectivity index (χ0v) is 19.4. The Balaban J connectivity index is 2.01. The minimum absolute atomic E-state index is 0.0642. The van der Waals surface area contributed by atoms with Gasteiger partial charge in [0.1, 0.15) is 6.61 Å². The summed E-state index contributed by atoms with van der Waals surface area (Å²) in [6.07, 6.45) is 0. The molecule has 1 N–H and O–H groups in total. The molecule has 0 fully saturated rings. The highest BCUT2D eigenvalue weighted by molar-refractivity contribution is 9.10. The number of hydrogen-bond donors (Lipinski definition) is 1. The molecule has 0 aliphatic rings. The molecule has 0 spiro atoms. The van der Waals surface area contributed by atoms with Gasteiger partial charge >= 0.3 is 0 Å². The first kappa shape index (κ1) is 24.1. The molecule has 2 aromatic carbocycles. The number of halogens is 1. The molecule has 0 saturated carbocycles. The van der Waals surface area contributed by atoms with E-state index in [0.29, 0.717) is 24.7 Å². The monoisotopic (exact) mass is 479 g/mol. The molecule has 0 atom stereocenters. The number of non-ortho nitro benzene ring substituents is 1. The predicted octanol–water partition coefficient (Wildman–Crippen LogP) is 4.77. The first-order chi connectivity index (χ1) is 14.5. The molecule has 0 bridgehead atoms. The van der Waals surface area contributed by atoms with E-state index in [9.17, 15) is 10.1 Å². The van der Waals surface area contributed by atoms with Crippen molar-refractivity contribution < 1.29 is 14.4 Å². The van der Waals surface area contributed by atoms with Gasteiger partial charge in [-0.1, -0.05) is 29.8 Å². The largest absolute Gasteiger partial charge is 0.490 e. The van der Waals surface area contributed by atoms with Crippen LogP contribution in [0.3, 0.4) is 0 Å². The zero-order chi connectivity index (χ0) is 21.9. The lowest BCUT2D eigenvalue weighted by molar-refractivity contribution is -0.384. The first-order valence-electron chi connectivity index (χ1n) is 10.2. The van der Waals surface area contributed by atoms with Crippen LogP contribution in [0, 0.1) is 10.1 Å². The van der Waals surface area contributed by atoms with Gasteiger partial charge < -0.3 is 19.7 Å². The summed E-state index contributed by atoms with van der Waals surface area (Å²) in [6, 6.07) is 10.3. The van der Waals surface area contributed by atoms with Gasteiger partial charge in [0.25, 0.3) is 5.69 Å². The van der Waals surface area contributed by atoms with Crippen LogP contribution in [0.4, 0.5) is 5.69 Å². The van der Waals surface area contributed by atoms with Gasteiger partial charge in [-0.15, -0.1) is 0 Å². The second-order valence-electron chi connectivity index (χ2n) is 6.74. The van der Waals surface area contributed by atoms with E-state index in [1.54, 1.807) is 12.1 Å². The first-order valence-corrected chi connectivity index (χ1v) is 11.0. The summed E-state index contributed by atoms with van der Waals surface area (Å²) in [5, 5.41) is 14.3. The summed E-state index contributed by atoms with van der Waals surface area (Å²) in [7, 11) is 0. The van der Waals surface area contributed by atoms with E-state index in [1.165, 1.54) is 12.1 Å². The van der Waals surface area contributed by atoms with E-state index in [2.05, 4.69) is 40.0 Å². The van der Waals surface area contributed by atoms with Crippen molar-refractivity contribution in [3.8, 4) is 11.5 Å². The Hall–Kier alpha value is -2.16. The molecule has 8 heteroatoms. The van der Waals surface area contributed by atoms with Gasteiger partial charge in [0, 0.05) is 36.2 Å². The summed E-state index contributed by atoms with van der Waals surface area (Å²) >= 11 is 3.63. The Labute approximate surface area is 186 Å². The third-order valence-corrected chi connectivity index (χ3v) is 5.51. The molecule has 2 aromatic rings. The van der Waals surface area contributed by atoms with Gasteiger partial charge in [0.2, 0.25) is 0 Å². The Bertz CT molecular complexity index is 811. The average molecular weight is 480 g/mol. The molecule has 0 aliphatic heterocycles. The van der Waals surface area contributed by atoms with Crippen molar-refractivity contribution in [1.29, 1.82) is 0 Å². The number of likely N-dealkylation sites (N-methyl/N-ethyl adjacent to an activating group) is 1. The van der Waals surface area contributed by atoms with Crippen LogP contribution in [0.25, 0.3) is 0 Å². The van der Waals surface area contributed by atoms with Crippen LogP contribution in [0.1, 0.15) is 31.9 Å². The smallest absolute Gasteiger partial charge is 0.269 e. The maximum absolute atomic E-state index is 10.8. The van der Waals surface area contributed by atoms with Gasteiger partial charge in [-0.2, -0.15) is 0 Å². The van der Waals surface area contributed by atoms with Crippen LogP contribution >= 0.6 is 15.9 Å². The molecule has 164 valence electrons. The number of rotatable bonds is 13. The van der Waals surface area contributed by atoms with Crippen molar-refractivity contribution in [2.45, 2.75) is 33.9 Å². The number of nitrogens with one attached hydrogen (secondary N) is 1. The fraction of sp³-hybridized carbons (Fsp3) is 0.455. The third-order valence-electron chi connectivity index (χ3n) is 4.77. The zero-order valence-electron chi connectivity index (χ0n) is 17.8. The van der Waals surface area contributed by atoms with Crippen LogP contribution in [-0.2, 0) is 13.2 Å². The fourth-order valence-electron chi connectivity index (χ4n) is 2.97. The van der Waals surface area contributed by atoms with Gasteiger partial charge in [0.05, 0.1) is 11.5 Å². The van der Waals surface area contributed by atoms with E-state index in [4.69, 9.17) is 9.47 Å². The predicted molar refractivity (Wildman–Crippen MR) is 122 cm³/mol. The summed E-state index contributed by atoms with van der Waals surface area (Å²) in [5.74, 6) is 1.32. The Kier molecular flexibility index (Phi) is 10.1. The maximum atomic E-state index is 10.8. The van der Waals surface area contributed by atoms with Gasteiger partial charge in [-0.3, -0.25) is 10.1 Å². The lowest BCUT2D eigenvalue weighted by Crippen LogP contribution is -2.31. The molecule has 0 unspecified atom stereocenters. The average Bonchev–Trinajstić information content (AvgIpc) is 2.75. The maximum Gasteiger partial charge on any atom is 0.269 e. The minimum atomic E-state index is -0.413. The minimum Gasteiger partial charge on any atom is -0.490 e. The second-order valence-corrected chi connectivity index (χ2v) is 7.59. The normalized spacial score (nSPS) is 11.0. The van der Waals surface area contributed by atoms with Crippen molar-refractivity contribution in [3.63, 3.8) is 0 Å². The molecular weight excluding hydrogens is 450 g/mol. The molecule has 2 rings (SSSR count). The van der Waals surface area contributed by atoms with Gasteiger partial charge in [-0.05, 0) is 55.4 Å². The molecule has 0 saturated heterocycles. The lowest BCUT2D eigenvalue weighted by atomic mass is 10.2. The van der Waals surface area contributed by atoms with Crippen molar-refractivity contribution in [3.05, 3.63) is 62.1 Å². The highest BCUT2D eigenvalue weighted by Crippen LogP contribution is 2.34. The standard InChI is InChI=1S/C22H30BrN3O4/c1-4-25(5-2)12-11-24-15-18-13-21(29-6-3)22(14-20(18)23)30-16-17-7-9-19(10-8-17)26(27)28/h7-10,13-14,24H,4-6,11-12,15-16H2,1-3H3. The Morgan fingerprint density at radius 2 is 1.73 bits per heavy atom. The SMILES string of the molecule is CCOc1cc(CNCCN(CC)CC)c(Br)cc1OCc1ccc([N+](=O)[O-])cc1. The van der Waals surface area contributed by atoms with Gasteiger partial charge in [-0.25, -0.2) is 0 Å². The second kappa shape index (κ2) is 12.5. The number of hydrogen-bond acceptors (Lipinski definition) is 6. The van der Waals surface area contributed by atoms with Crippen molar-refractivity contribution in [2.75, 3.05) is 32.8 Å². The molecule has 0 radical (unpaired) electrons. The van der Waals surface area contributed by atoms with Gasteiger partial charge in [0.15, 0.2) is 11.5 Å². The molecule has 0 heterocycles. The fourth-order valence-corrected chi connectivity index (χ4v) is 3.43. The van der Waals surface area contributed by atoms with Crippen LogP contribution in [0.2, 0.25) is 0 Å². The molecule has 0 aliphatic carbocycles. The quantitative estimate of drug-likeness (QED) is 0.253. The van der Waals surface area contributed by atoms with E-state index < -0.39 is 4.92 Å². The Morgan fingerprint density at radius 3 is 2.33 bits per heavy atom. The van der Waals surface area contributed by atoms with Crippen molar-refractivity contribution in [1.82, 2.24) is 10.2 Å². The van der Waals surface area contributed by atoms with E-state index in [1.807, 2.05) is 19.1 Å². The number of nitro benzene ring substituents is 1. The van der Waals surface area contributed by atoms with E-state index >= 15 is 0 Å². The molecule has 7 nitrogen and oxygen atoms in total. The number of nitro groups is 1. The van der Waals surface area contributed by atoms with E-state index in [-0.39, 0.29) is 5.69 Å². The summed E-state index contributed by atoms with van der Waals surface area (Å²) in [6.45, 7) is 11.9. The van der Waals surface area contributed by atoms with Crippen LogP contribution in [0.5, 0.6) is 11.5 Å². The molecule has 0 amide bonds. The summed E-state index contributed by atoms with van der Waals surface area (Å²) < 4.78 is 12.7. The van der Waals surface area contributed by atoms with Crippen LogP contribution in [0.15, 0.2) is 40.9 Å². The van der Waals surface area contributed by atoms with Crippen molar-refractivity contribution >= 4 is 21.6 Å². The van der Waals surface area contributed by atoms with E-state index in [0.717, 1.165) is 48.3 Å². The molecule has 0 aromatic heterocycles. The van der Waals surface area contributed by atoms with Crippen LogP contribution in [-0.4, -0.2) is 42.6 Å². The number of ether oxygens (including phenoxy) is 2. The number of benzene rings is 2.